The van der Waals surface area contributed by atoms with Crippen LogP contribution >= 0.6 is 46.1 Å². The van der Waals surface area contributed by atoms with Gasteiger partial charge in [-0.05, 0) is 30.3 Å². The van der Waals surface area contributed by atoms with E-state index in [1.54, 1.807) is 24.3 Å². The molecule has 3 aromatic rings. The third kappa shape index (κ3) is 5.58. The van der Waals surface area contributed by atoms with Gasteiger partial charge in [-0.15, -0.1) is 10.2 Å². The minimum absolute atomic E-state index is 0.176. The van der Waals surface area contributed by atoms with Crippen LogP contribution in [0.15, 0.2) is 42.5 Å². The maximum absolute atomic E-state index is 12.4. The van der Waals surface area contributed by atoms with Gasteiger partial charge < -0.3 is 0 Å². The van der Waals surface area contributed by atoms with Crippen LogP contribution in [0.2, 0.25) is 15.1 Å². The number of nitrogens with one attached hydrogen (secondary N) is 1. The topological polar surface area (TPSA) is 92.3 Å². The summed E-state index contributed by atoms with van der Waals surface area (Å²) in [5.74, 6) is -0.583. The number of nitrogens with zero attached hydrogens (tertiary/aromatic N) is 3. The fourth-order valence-electron chi connectivity index (χ4n) is 2.31. The maximum atomic E-state index is 12.4. The molecule has 0 aliphatic heterocycles. The quantitative estimate of drug-likeness (QED) is 0.545. The molecule has 0 radical (unpaired) electrons. The van der Waals surface area contributed by atoms with Crippen molar-refractivity contribution in [1.82, 2.24) is 10.2 Å². The molecule has 29 heavy (non-hydrogen) atoms. The molecule has 0 aliphatic carbocycles. The second kappa shape index (κ2) is 8.85. The number of benzene rings is 2. The molecule has 1 heterocycles. The van der Waals surface area contributed by atoms with E-state index in [1.807, 2.05) is 0 Å². The molecule has 0 spiro atoms. The summed E-state index contributed by atoms with van der Waals surface area (Å²) >= 11 is 18.9. The third-order valence-corrected chi connectivity index (χ3v) is 6.66. The van der Waals surface area contributed by atoms with Gasteiger partial charge in [0.1, 0.15) is 11.6 Å². The van der Waals surface area contributed by atoms with Crippen molar-refractivity contribution in [2.75, 3.05) is 22.4 Å². The fourth-order valence-corrected chi connectivity index (χ4v) is 4.34. The number of carbonyl (C=O) groups is 1. The van der Waals surface area contributed by atoms with Crippen molar-refractivity contribution in [3.8, 4) is 10.6 Å². The summed E-state index contributed by atoms with van der Waals surface area (Å²) in [5, 5.41) is 12.4. The van der Waals surface area contributed by atoms with E-state index >= 15 is 0 Å². The van der Waals surface area contributed by atoms with Gasteiger partial charge in [-0.2, -0.15) is 0 Å². The van der Waals surface area contributed by atoms with E-state index in [9.17, 15) is 13.2 Å². The smallest absolute Gasteiger partial charge is 0.246 e. The summed E-state index contributed by atoms with van der Waals surface area (Å²) < 4.78 is 25.3. The highest BCUT2D eigenvalue weighted by Crippen LogP contribution is 2.29. The van der Waals surface area contributed by atoms with Gasteiger partial charge in [0.15, 0.2) is 0 Å². The molecule has 152 valence electrons. The Bertz CT molecular complexity index is 1150. The highest BCUT2D eigenvalue weighted by atomic mass is 35.5. The fraction of sp³-hybridized carbons (Fsp3) is 0.118. The molecular formula is C17H13Cl3N4O3S2. The first-order valence-corrected chi connectivity index (χ1v) is 11.8. The minimum atomic E-state index is -3.75. The molecule has 1 N–H and O–H groups in total. The summed E-state index contributed by atoms with van der Waals surface area (Å²) in [6.07, 6.45) is 0.992. The molecule has 1 amide bonds. The van der Waals surface area contributed by atoms with Gasteiger partial charge in [-0.3, -0.25) is 14.4 Å². The Morgan fingerprint density at radius 2 is 1.76 bits per heavy atom. The molecule has 12 heteroatoms. The first kappa shape index (κ1) is 21.8. The van der Waals surface area contributed by atoms with Crippen molar-refractivity contribution in [3.05, 3.63) is 57.5 Å². The van der Waals surface area contributed by atoms with Crippen molar-refractivity contribution in [3.63, 3.8) is 0 Å². The molecule has 7 nitrogen and oxygen atoms in total. The molecule has 1 aromatic heterocycles. The number of sulfonamides is 1. The van der Waals surface area contributed by atoms with Crippen molar-refractivity contribution < 1.29 is 13.2 Å². The summed E-state index contributed by atoms with van der Waals surface area (Å²) in [5.41, 5.74) is 1.01. The van der Waals surface area contributed by atoms with Crippen LogP contribution in [0.3, 0.4) is 0 Å². The number of halogens is 3. The summed E-state index contributed by atoms with van der Waals surface area (Å²) in [7, 11) is -3.75. The molecular weight excluding hydrogens is 479 g/mol. The lowest BCUT2D eigenvalue weighted by atomic mass is 10.2. The van der Waals surface area contributed by atoms with Gasteiger partial charge in [-0.1, -0.05) is 58.3 Å². The number of amides is 1. The Balaban J connectivity index is 1.75. The van der Waals surface area contributed by atoms with E-state index in [0.29, 0.717) is 10.0 Å². The highest BCUT2D eigenvalue weighted by molar-refractivity contribution is 7.92. The molecule has 0 saturated heterocycles. The van der Waals surface area contributed by atoms with Crippen molar-refractivity contribution >= 4 is 72.9 Å². The molecule has 2 aromatic carbocycles. The number of anilines is 2. The molecule has 0 bridgehead atoms. The molecule has 0 saturated carbocycles. The number of hydrogen-bond acceptors (Lipinski definition) is 6. The van der Waals surface area contributed by atoms with E-state index < -0.39 is 22.5 Å². The van der Waals surface area contributed by atoms with Gasteiger partial charge in [0.25, 0.3) is 0 Å². The lowest BCUT2D eigenvalue weighted by Crippen LogP contribution is -2.37. The largest absolute Gasteiger partial charge is 0.299 e. The standard InChI is InChI=1S/C17H13Cl3N4O3S2/c1-29(26,27)24(12-6-7-13(19)14(20)8-12)9-15(25)21-17-23-22-16(28-17)10-2-4-11(18)5-3-10/h2-8H,9H2,1H3,(H,21,23,25). The summed E-state index contributed by atoms with van der Waals surface area (Å²) in [6.45, 7) is -0.466. The van der Waals surface area contributed by atoms with E-state index in [-0.39, 0.29) is 20.9 Å². The van der Waals surface area contributed by atoms with Crippen LogP contribution in [-0.2, 0) is 14.8 Å². The lowest BCUT2D eigenvalue weighted by Gasteiger charge is -2.21. The predicted molar refractivity (Wildman–Crippen MR) is 118 cm³/mol. The highest BCUT2D eigenvalue weighted by Gasteiger charge is 2.22. The second-order valence-corrected chi connectivity index (χ2v) is 9.97. The van der Waals surface area contributed by atoms with Crippen LogP contribution in [0.25, 0.3) is 10.6 Å². The summed E-state index contributed by atoms with van der Waals surface area (Å²) in [6, 6.07) is 11.3. The molecule has 0 unspecified atom stereocenters. The van der Waals surface area contributed by atoms with Crippen LogP contribution < -0.4 is 9.62 Å². The first-order chi connectivity index (χ1) is 13.6. The third-order valence-electron chi connectivity index (χ3n) is 3.64. The van der Waals surface area contributed by atoms with Crippen molar-refractivity contribution in [2.24, 2.45) is 0 Å². The Kier molecular flexibility index (Phi) is 6.65. The second-order valence-electron chi connectivity index (χ2n) is 5.84. The Hall–Kier alpha value is -1.91. The molecule has 0 atom stereocenters. The van der Waals surface area contributed by atoms with Crippen LogP contribution in [-0.4, -0.2) is 37.3 Å². The Morgan fingerprint density at radius 3 is 2.38 bits per heavy atom. The van der Waals surface area contributed by atoms with E-state index in [0.717, 1.165) is 27.5 Å². The van der Waals surface area contributed by atoms with Gasteiger partial charge in [0.2, 0.25) is 21.1 Å². The number of aromatic nitrogens is 2. The zero-order chi connectivity index (χ0) is 21.2. The average molecular weight is 492 g/mol. The lowest BCUT2D eigenvalue weighted by molar-refractivity contribution is -0.114. The predicted octanol–water partition coefficient (Wildman–Crippen LogP) is 4.57. The molecule has 3 rings (SSSR count). The van der Waals surface area contributed by atoms with E-state index in [4.69, 9.17) is 34.8 Å². The first-order valence-electron chi connectivity index (χ1n) is 7.95. The van der Waals surface area contributed by atoms with Gasteiger partial charge in [0, 0.05) is 10.6 Å². The monoisotopic (exact) mass is 490 g/mol. The van der Waals surface area contributed by atoms with Gasteiger partial charge in [-0.25, -0.2) is 8.42 Å². The maximum Gasteiger partial charge on any atom is 0.246 e. The number of carbonyl (C=O) groups excluding carboxylic acids is 1. The van der Waals surface area contributed by atoms with Crippen molar-refractivity contribution in [1.29, 1.82) is 0 Å². The van der Waals surface area contributed by atoms with Gasteiger partial charge in [0.05, 0.1) is 22.0 Å². The Labute approximate surface area is 186 Å². The van der Waals surface area contributed by atoms with E-state index in [2.05, 4.69) is 15.5 Å². The van der Waals surface area contributed by atoms with Gasteiger partial charge >= 0.3 is 0 Å². The average Bonchev–Trinajstić information content (AvgIpc) is 3.10. The minimum Gasteiger partial charge on any atom is -0.299 e. The zero-order valence-corrected chi connectivity index (χ0v) is 18.7. The SMILES string of the molecule is CS(=O)(=O)N(CC(=O)Nc1nnc(-c2ccc(Cl)cc2)s1)c1ccc(Cl)c(Cl)c1. The van der Waals surface area contributed by atoms with Crippen LogP contribution in [0, 0.1) is 0 Å². The molecule has 0 aliphatic rings. The molecule has 0 fully saturated rings. The van der Waals surface area contributed by atoms with E-state index in [1.165, 1.54) is 18.2 Å². The van der Waals surface area contributed by atoms with Crippen molar-refractivity contribution in [2.45, 2.75) is 0 Å². The summed E-state index contributed by atoms with van der Waals surface area (Å²) in [4.78, 5) is 12.4. The van der Waals surface area contributed by atoms with Crippen LogP contribution in [0.4, 0.5) is 10.8 Å². The van der Waals surface area contributed by atoms with Crippen LogP contribution in [0.1, 0.15) is 0 Å². The van der Waals surface area contributed by atoms with Crippen LogP contribution in [0.5, 0.6) is 0 Å². The number of rotatable bonds is 6. The zero-order valence-electron chi connectivity index (χ0n) is 14.8. The normalized spacial score (nSPS) is 11.3. The Morgan fingerprint density at radius 1 is 1.07 bits per heavy atom. The number of hydrogen-bond donors (Lipinski definition) is 1.